The smallest absolute Gasteiger partial charge is 0.306 e. The predicted octanol–water partition coefficient (Wildman–Crippen LogP) is 0.932. The summed E-state index contributed by atoms with van der Waals surface area (Å²) in [6, 6.07) is 0. The molecule has 1 rings (SSSR count). The minimum atomic E-state index is -0.301. The average molecular weight is 256 g/mol. The maximum Gasteiger partial charge on any atom is 0.306 e. The molecule has 1 aliphatic heterocycles. The molecule has 1 fully saturated rings. The van der Waals surface area contributed by atoms with Gasteiger partial charge in [-0.1, -0.05) is 0 Å². The normalized spacial score (nSPS) is 15.6. The molecule has 0 spiro atoms. The first-order valence-corrected chi connectivity index (χ1v) is 6.87. The molecule has 1 aliphatic rings. The second kappa shape index (κ2) is 8.91. The summed E-state index contributed by atoms with van der Waals surface area (Å²) in [5, 5.41) is 2.83. The van der Waals surface area contributed by atoms with Crippen molar-refractivity contribution < 1.29 is 14.3 Å². The van der Waals surface area contributed by atoms with Gasteiger partial charge in [0.1, 0.15) is 0 Å². The van der Waals surface area contributed by atoms with Crippen LogP contribution in [-0.2, 0) is 14.3 Å². The van der Waals surface area contributed by atoms with Gasteiger partial charge in [-0.25, -0.2) is 0 Å². The van der Waals surface area contributed by atoms with Crippen LogP contribution in [0.1, 0.15) is 39.0 Å². The first-order chi connectivity index (χ1) is 8.72. The number of esters is 1. The summed E-state index contributed by atoms with van der Waals surface area (Å²) in [6.45, 7) is 6.26. The minimum absolute atomic E-state index is 0.0653. The fraction of sp³-hybridized carbons (Fsp3) is 0.846. The first kappa shape index (κ1) is 15.0. The van der Waals surface area contributed by atoms with E-state index in [2.05, 4.69) is 10.2 Å². The van der Waals surface area contributed by atoms with E-state index in [1.54, 1.807) is 6.92 Å². The van der Waals surface area contributed by atoms with Crippen LogP contribution in [0.4, 0.5) is 0 Å². The molecule has 5 heteroatoms. The lowest BCUT2D eigenvalue weighted by Gasteiger charge is -2.14. The van der Waals surface area contributed by atoms with Crippen molar-refractivity contribution in [1.29, 1.82) is 0 Å². The third-order valence-electron chi connectivity index (χ3n) is 3.03. The molecule has 0 aromatic heterocycles. The molecule has 0 unspecified atom stereocenters. The topological polar surface area (TPSA) is 58.6 Å². The van der Waals surface area contributed by atoms with Crippen LogP contribution in [0.25, 0.3) is 0 Å². The molecule has 0 saturated carbocycles. The molecule has 0 radical (unpaired) electrons. The third-order valence-corrected chi connectivity index (χ3v) is 3.03. The predicted molar refractivity (Wildman–Crippen MR) is 69.2 cm³/mol. The number of carbonyl (C=O) groups is 2. The number of nitrogens with one attached hydrogen (secondary N) is 1. The van der Waals surface area contributed by atoms with Crippen LogP contribution in [0, 0.1) is 0 Å². The number of likely N-dealkylation sites (tertiary alicyclic amines) is 1. The van der Waals surface area contributed by atoms with Crippen molar-refractivity contribution in [2.24, 2.45) is 0 Å². The molecule has 0 atom stereocenters. The van der Waals surface area contributed by atoms with E-state index in [0.717, 1.165) is 13.0 Å². The molecule has 0 aromatic carbocycles. The van der Waals surface area contributed by atoms with Crippen molar-refractivity contribution in [1.82, 2.24) is 10.2 Å². The van der Waals surface area contributed by atoms with Crippen LogP contribution >= 0.6 is 0 Å². The highest BCUT2D eigenvalue weighted by Crippen LogP contribution is 2.06. The summed E-state index contributed by atoms with van der Waals surface area (Å²) < 4.78 is 4.76. The largest absolute Gasteiger partial charge is 0.466 e. The molecule has 1 saturated heterocycles. The molecule has 0 bridgehead atoms. The van der Waals surface area contributed by atoms with Gasteiger partial charge in [0.2, 0.25) is 5.91 Å². The summed E-state index contributed by atoms with van der Waals surface area (Å²) in [6.07, 6.45) is 3.97. The van der Waals surface area contributed by atoms with E-state index in [9.17, 15) is 9.59 Å². The highest BCUT2D eigenvalue weighted by Gasteiger charge is 2.11. The lowest BCUT2D eigenvalue weighted by atomic mass is 10.3. The molecular weight excluding hydrogens is 232 g/mol. The molecule has 0 aliphatic carbocycles. The maximum atomic E-state index is 11.4. The highest BCUT2D eigenvalue weighted by molar-refractivity contribution is 5.81. The lowest BCUT2D eigenvalue weighted by molar-refractivity contribution is -0.144. The van der Waals surface area contributed by atoms with Crippen LogP contribution in [0.5, 0.6) is 0 Å². The van der Waals surface area contributed by atoms with Gasteiger partial charge in [-0.3, -0.25) is 9.59 Å². The maximum absolute atomic E-state index is 11.4. The fourth-order valence-corrected chi connectivity index (χ4v) is 2.07. The molecule has 1 heterocycles. The van der Waals surface area contributed by atoms with Crippen LogP contribution in [0.3, 0.4) is 0 Å². The van der Waals surface area contributed by atoms with Crippen molar-refractivity contribution >= 4 is 11.9 Å². The monoisotopic (exact) mass is 256 g/mol. The average Bonchev–Trinajstić information content (AvgIpc) is 2.85. The molecule has 18 heavy (non-hydrogen) atoms. The summed E-state index contributed by atoms with van der Waals surface area (Å²) >= 11 is 0. The van der Waals surface area contributed by atoms with E-state index >= 15 is 0 Å². The summed E-state index contributed by atoms with van der Waals surface area (Å²) in [4.78, 5) is 24.9. The number of nitrogens with zero attached hydrogens (tertiary/aromatic N) is 1. The Balaban J connectivity index is 1.94. The Morgan fingerprint density at radius 2 is 1.94 bits per heavy atom. The first-order valence-electron chi connectivity index (χ1n) is 6.87. The van der Waals surface area contributed by atoms with Crippen molar-refractivity contribution in [2.45, 2.75) is 39.0 Å². The van der Waals surface area contributed by atoms with Crippen LogP contribution in [0.2, 0.25) is 0 Å². The highest BCUT2D eigenvalue weighted by atomic mass is 16.5. The van der Waals surface area contributed by atoms with Crippen molar-refractivity contribution in [3.8, 4) is 0 Å². The van der Waals surface area contributed by atoms with Gasteiger partial charge in [0.05, 0.1) is 13.0 Å². The Morgan fingerprint density at radius 3 is 2.61 bits per heavy atom. The summed E-state index contributed by atoms with van der Waals surface area (Å²) in [5.74, 6) is -0.366. The van der Waals surface area contributed by atoms with E-state index < -0.39 is 0 Å². The standard InChI is InChI=1S/C13H24N2O3/c1-2-18-13(17)7-6-12(16)14-8-5-11-15-9-3-4-10-15/h2-11H2,1H3,(H,14,16). The third kappa shape index (κ3) is 6.59. The van der Waals surface area contributed by atoms with Gasteiger partial charge in [0.15, 0.2) is 0 Å². The van der Waals surface area contributed by atoms with Crippen molar-refractivity contribution in [3.63, 3.8) is 0 Å². The number of hydrogen-bond acceptors (Lipinski definition) is 4. The zero-order chi connectivity index (χ0) is 13.2. The Morgan fingerprint density at radius 1 is 1.22 bits per heavy atom. The van der Waals surface area contributed by atoms with Gasteiger partial charge in [0, 0.05) is 13.0 Å². The number of ether oxygens (including phenoxy) is 1. The quantitative estimate of drug-likeness (QED) is 0.518. The Labute approximate surface area is 109 Å². The molecule has 5 nitrogen and oxygen atoms in total. The number of amides is 1. The Hall–Kier alpha value is -1.10. The molecule has 1 amide bonds. The van der Waals surface area contributed by atoms with Gasteiger partial charge in [-0.05, 0) is 45.8 Å². The number of carbonyl (C=O) groups excluding carboxylic acids is 2. The lowest BCUT2D eigenvalue weighted by Crippen LogP contribution is -2.28. The van der Waals surface area contributed by atoms with Gasteiger partial charge in [0.25, 0.3) is 0 Å². The zero-order valence-electron chi connectivity index (χ0n) is 11.2. The summed E-state index contributed by atoms with van der Waals surface area (Å²) in [7, 11) is 0. The fourth-order valence-electron chi connectivity index (χ4n) is 2.07. The van der Waals surface area contributed by atoms with Crippen molar-refractivity contribution in [3.05, 3.63) is 0 Å². The second-order valence-corrected chi connectivity index (χ2v) is 4.56. The van der Waals surface area contributed by atoms with E-state index in [4.69, 9.17) is 4.74 Å². The second-order valence-electron chi connectivity index (χ2n) is 4.56. The molecule has 0 aromatic rings. The van der Waals surface area contributed by atoms with Crippen LogP contribution in [-0.4, -0.2) is 49.6 Å². The van der Waals surface area contributed by atoms with E-state index in [1.807, 2.05) is 0 Å². The Bertz CT molecular complexity index is 263. The van der Waals surface area contributed by atoms with Crippen molar-refractivity contribution in [2.75, 3.05) is 32.8 Å². The van der Waals surface area contributed by atoms with Gasteiger partial charge in [-0.15, -0.1) is 0 Å². The van der Waals surface area contributed by atoms with Crippen LogP contribution in [0.15, 0.2) is 0 Å². The van der Waals surface area contributed by atoms with Gasteiger partial charge >= 0.3 is 5.97 Å². The van der Waals surface area contributed by atoms with E-state index in [-0.39, 0.29) is 24.7 Å². The molecule has 1 N–H and O–H groups in total. The van der Waals surface area contributed by atoms with Crippen LogP contribution < -0.4 is 5.32 Å². The van der Waals surface area contributed by atoms with Gasteiger partial charge in [-0.2, -0.15) is 0 Å². The number of rotatable bonds is 8. The SMILES string of the molecule is CCOC(=O)CCC(=O)NCCCN1CCCC1. The molecule has 104 valence electrons. The summed E-state index contributed by atoms with van der Waals surface area (Å²) in [5.41, 5.74) is 0. The molecular formula is C13H24N2O3. The zero-order valence-corrected chi connectivity index (χ0v) is 11.2. The van der Waals surface area contributed by atoms with E-state index in [1.165, 1.54) is 25.9 Å². The minimum Gasteiger partial charge on any atom is -0.466 e. The number of hydrogen-bond donors (Lipinski definition) is 1. The van der Waals surface area contributed by atoms with Gasteiger partial charge < -0.3 is 15.0 Å². The van der Waals surface area contributed by atoms with E-state index in [0.29, 0.717) is 13.2 Å². The Kier molecular flexibility index (Phi) is 7.41.